The molecule has 2 heterocycles. The lowest BCUT2D eigenvalue weighted by molar-refractivity contribution is -0.117. The minimum Gasteiger partial charge on any atom is -0.451 e. The summed E-state index contributed by atoms with van der Waals surface area (Å²) in [5.41, 5.74) is 1.39. The molecular formula is C21H20ClN3O3. The van der Waals surface area contributed by atoms with E-state index in [-0.39, 0.29) is 18.4 Å². The van der Waals surface area contributed by atoms with Crippen molar-refractivity contribution < 1.29 is 14.0 Å². The summed E-state index contributed by atoms with van der Waals surface area (Å²) in [7, 11) is 0. The molecule has 4 rings (SSSR count). The van der Waals surface area contributed by atoms with Crippen molar-refractivity contribution in [3.8, 4) is 0 Å². The van der Waals surface area contributed by atoms with Gasteiger partial charge in [0.15, 0.2) is 5.76 Å². The lowest BCUT2D eigenvalue weighted by Gasteiger charge is -2.33. The van der Waals surface area contributed by atoms with Gasteiger partial charge in [-0.1, -0.05) is 35.9 Å². The van der Waals surface area contributed by atoms with Gasteiger partial charge in [-0.05, 0) is 30.3 Å². The number of amides is 2. The number of hydrogen-bond donors (Lipinski definition) is 1. The Morgan fingerprint density at radius 3 is 2.54 bits per heavy atom. The van der Waals surface area contributed by atoms with Crippen LogP contribution in [0.15, 0.2) is 59.0 Å². The molecule has 6 nitrogen and oxygen atoms in total. The lowest BCUT2D eigenvalue weighted by Crippen LogP contribution is -2.50. The Kier molecular flexibility index (Phi) is 5.32. The van der Waals surface area contributed by atoms with Crippen LogP contribution in [0.2, 0.25) is 5.02 Å². The van der Waals surface area contributed by atoms with E-state index in [1.807, 2.05) is 29.2 Å². The standard InChI is InChI=1S/C21H20ClN3O3/c22-16-5-3-6-17(13-16)23-20(26)14-24-8-10-25(11-9-24)21(27)19-12-15-4-1-2-7-18(15)28-19/h1-7,12-13H,8-11,14H2,(H,23,26). The molecule has 1 aliphatic rings. The molecule has 2 aromatic carbocycles. The zero-order valence-electron chi connectivity index (χ0n) is 15.2. The highest BCUT2D eigenvalue weighted by molar-refractivity contribution is 6.30. The molecule has 1 saturated heterocycles. The highest BCUT2D eigenvalue weighted by Gasteiger charge is 2.25. The normalized spacial score (nSPS) is 15.0. The van der Waals surface area contributed by atoms with Crippen LogP contribution in [0.5, 0.6) is 0 Å². The molecule has 0 spiro atoms. The predicted octanol–water partition coefficient (Wildman–Crippen LogP) is 3.48. The summed E-state index contributed by atoms with van der Waals surface area (Å²) in [4.78, 5) is 28.7. The minimum absolute atomic E-state index is 0.0978. The Hall–Kier alpha value is -2.83. The lowest BCUT2D eigenvalue weighted by atomic mass is 10.2. The zero-order valence-corrected chi connectivity index (χ0v) is 16.0. The maximum absolute atomic E-state index is 12.7. The fourth-order valence-corrected chi connectivity index (χ4v) is 3.51. The Morgan fingerprint density at radius 2 is 1.79 bits per heavy atom. The second kappa shape index (κ2) is 8.04. The van der Waals surface area contributed by atoms with Crippen molar-refractivity contribution >= 4 is 40.1 Å². The summed E-state index contributed by atoms with van der Waals surface area (Å²) < 4.78 is 5.67. The molecule has 1 fully saturated rings. The van der Waals surface area contributed by atoms with Crippen LogP contribution >= 0.6 is 11.6 Å². The summed E-state index contributed by atoms with van der Waals surface area (Å²) in [6, 6.07) is 16.4. The molecule has 0 radical (unpaired) electrons. The van der Waals surface area contributed by atoms with Crippen LogP contribution in [0.1, 0.15) is 10.6 Å². The Labute approximate surface area is 167 Å². The first-order valence-electron chi connectivity index (χ1n) is 9.14. The number of rotatable bonds is 4. The quantitative estimate of drug-likeness (QED) is 0.732. The van der Waals surface area contributed by atoms with Gasteiger partial charge in [0.1, 0.15) is 5.58 Å². The summed E-state index contributed by atoms with van der Waals surface area (Å²) in [5.74, 6) is 0.145. The number of para-hydroxylation sites is 1. The Morgan fingerprint density at radius 1 is 1.00 bits per heavy atom. The smallest absolute Gasteiger partial charge is 0.289 e. The number of hydrogen-bond acceptors (Lipinski definition) is 4. The molecule has 1 N–H and O–H groups in total. The number of fused-ring (bicyclic) bond motifs is 1. The van der Waals surface area contributed by atoms with Crippen molar-refractivity contribution in [1.82, 2.24) is 9.80 Å². The van der Waals surface area contributed by atoms with Gasteiger partial charge < -0.3 is 14.6 Å². The molecule has 3 aromatic rings. The third-order valence-electron chi connectivity index (χ3n) is 4.77. The third kappa shape index (κ3) is 4.18. The average Bonchev–Trinajstić information content (AvgIpc) is 3.12. The van der Waals surface area contributed by atoms with Gasteiger partial charge in [-0.2, -0.15) is 0 Å². The SMILES string of the molecule is O=C(CN1CCN(C(=O)c2cc3ccccc3o2)CC1)Nc1cccc(Cl)c1. The van der Waals surface area contributed by atoms with E-state index >= 15 is 0 Å². The molecule has 0 unspecified atom stereocenters. The fraction of sp³-hybridized carbons (Fsp3) is 0.238. The maximum atomic E-state index is 12.7. The molecule has 2 amide bonds. The molecule has 1 aliphatic heterocycles. The molecular weight excluding hydrogens is 378 g/mol. The Balaban J connectivity index is 1.30. The molecule has 0 aliphatic carbocycles. The molecule has 144 valence electrons. The first-order valence-corrected chi connectivity index (χ1v) is 9.52. The van der Waals surface area contributed by atoms with E-state index in [4.69, 9.17) is 16.0 Å². The number of anilines is 1. The summed E-state index contributed by atoms with van der Waals surface area (Å²) in [6.07, 6.45) is 0. The van der Waals surface area contributed by atoms with E-state index in [1.165, 1.54) is 0 Å². The van der Waals surface area contributed by atoms with Gasteiger partial charge in [0.25, 0.3) is 5.91 Å². The largest absolute Gasteiger partial charge is 0.451 e. The minimum atomic E-state index is -0.112. The molecule has 0 atom stereocenters. The van der Waals surface area contributed by atoms with E-state index in [1.54, 1.807) is 35.2 Å². The molecule has 28 heavy (non-hydrogen) atoms. The van der Waals surface area contributed by atoms with Crippen LogP contribution in [-0.2, 0) is 4.79 Å². The van der Waals surface area contributed by atoms with Crippen molar-refractivity contribution in [3.63, 3.8) is 0 Å². The van der Waals surface area contributed by atoms with Crippen LogP contribution in [0.4, 0.5) is 5.69 Å². The number of furan rings is 1. The van der Waals surface area contributed by atoms with Crippen LogP contribution in [0.25, 0.3) is 11.0 Å². The van der Waals surface area contributed by atoms with Gasteiger partial charge in [0.05, 0.1) is 6.54 Å². The number of nitrogens with one attached hydrogen (secondary N) is 1. The fourth-order valence-electron chi connectivity index (χ4n) is 3.32. The third-order valence-corrected chi connectivity index (χ3v) is 5.01. The molecule has 1 aromatic heterocycles. The van der Waals surface area contributed by atoms with Gasteiger partial charge >= 0.3 is 0 Å². The number of halogens is 1. The van der Waals surface area contributed by atoms with Crippen LogP contribution in [-0.4, -0.2) is 54.3 Å². The van der Waals surface area contributed by atoms with Crippen molar-refractivity contribution in [1.29, 1.82) is 0 Å². The number of nitrogens with zero attached hydrogens (tertiary/aromatic N) is 2. The van der Waals surface area contributed by atoms with Crippen molar-refractivity contribution in [3.05, 3.63) is 65.4 Å². The van der Waals surface area contributed by atoms with Crippen LogP contribution in [0.3, 0.4) is 0 Å². The summed E-state index contributed by atoms with van der Waals surface area (Å²) >= 11 is 5.94. The van der Waals surface area contributed by atoms with Gasteiger partial charge in [0, 0.05) is 42.3 Å². The monoisotopic (exact) mass is 397 g/mol. The van der Waals surface area contributed by atoms with E-state index in [9.17, 15) is 9.59 Å². The van der Waals surface area contributed by atoms with Crippen molar-refractivity contribution in [2.75, 3.05) is 38.0 Å². The number of carbonyl (C=O) groups excluding carboxylic acids is 2. The molecule has 0 saturated carbocycles. The Bertz CT molecular complexity index is 976. The number of carbonyl (C=O) groups is 2. The summed E-state index contributed by atoms with van der Waals surface area (Å²) in [5, 5.41) is 4.34. The second-order valence-electron chi connectivity index (χ2n) is 6.78. The topological polar surface area (TPSA) is 65.8 Å². The van der Waals surface area contributed by atoms with E-state index in [0.717, 1.165) is 5.39 Å². The van der Waals surface area contributed by atoms with E-state index < -0.39 is 0 Å². The second-order valence-corrected chi connectivity index (χ2v) is 7.21. The van der Waals surface area contributed by atoms with Gasteiger partial charge in [-0.25, -0.2) is 0 Å². The van der Waals surface area contributed by atoms with Crippen molar-refractivity contribution in [2.24, 2.45) is 0 Å². The van der Waals surface area contributed by atoms with Gasteiger partial charge in [0.2, 0.25) is 5.91 Å². The predicted molar refractivity (Wildman–Crippen MR) is 109 cm³/mol. The van der Waals surface area contributed by atoms with E-state index in [0.29, 0.717) is 48.2 Å². The number of benzene rings is 2. The average molecular weight is 398 g/mol. The summed E-state index contributed by atoms with van der Waals surface area (Å²) in [6.45, 7) is 2.66. The maximum Gasteiger partial charge on any atom is 0.289 e. The van der Waals surface area contributed by atoms with Crippen LogP contribution < -0.4 is 5.32 Å². The van der Waals surface area contributed by atoms with Crippen molar-refractivity contribution in [2.45, 2.75) is 0 Å². The van der Waals surface area contributed by atoms with Crippen LogP contribution in [0, 0.1) is 0 Å². The highest BCUT2D eigenvalue weighted by atomic mass is 35.5. The first-order chi connectivity index (χ1) is 13.6. The highest BCUT2D eigenvalue weighted by Crippen LogP contribution is 2.20. The number of piperazine rings is 1. The van der Waals surface area contributed by atoms with Gasteiger partial charge in [-0.15, -0.1) is 0 Å². The first kappa shape index (κ1) is 18.5. The molecule has 7 heteroatoms. The zero-order chi connectivity index (χ0) is 19.5. The van der Waals surface area contributed by atoms with E-state index in [2.05, 4.69) is 5.32 Å². The molecule has 0 bridgehead atoms. The van der Waals surface area contributed by atoms with Gasteiger partial charge in [-0.3, -0.25) is 14.5 Å².